The van der Waals surface area contributed by atoms with Crippen LogP contribution in [0.4, 0.5) is 0 Å². The van der Waals surface area contributed by atoms with Gasteiger partial charge in [0.15, 0.2) is 5.16 Å². The van der Waals surface area contributed by atoms with Gasteiger partial charge in [-0.15, -0.1) is 0 Å². The Balaban J connectivity index is 2.14. The Morgan fingerprint density at radius 1 is 1.65 bits per heavy atom. The van der Waals surface area contributed by atoms with Crippen molar-refractivity contribution in [3.8, 4) is 0 Å². The minimum Gasteiger partial charge on any atom is -0.481 e. The fourth-order valence-corrected chi connectivity index (χ4v) is 2.18. The van der Waals surface area contributed by atoms with Gasteiger partial charge in [0, 0.05) is 11.9 Å². The van der Waals surface area contributed by atoms with E-state index in [-0.39, 0.29) is 5.75 Å². The lowest BCUT2D eigenvalue weighted by Crippen LogP contribution is -2.05. The Morgan fingerprint density at radius 3 is 3.12 bits per heavy atom. The molecule has 0 bridgehead atoms. The second-order valence-corrected chi connectivity index (χ2v) is 4.47. The number of thioether (sulfide) groups is 1. The molecule has 2 rings (SSSR count). The molecule has 0 aliphatic heterocycles. The molecule has 0 amide bonds. The molecule has 2 aromatic rings. The van der Waals surface area contributed by atoms with Gasteiger partial charge in [-0.05, 0) is 19.1 Å². The molecule has 6 heteroatoms. The van der Waals surface area contributed by atoms with Gasteiger partial charge in [-0.25, -0.2) is 4.98 Å². The average molecular weight is 252 g/mol. The van der Waals surface area contributed by atoms with Gasteiger partial charge in [-0.1, -0.05) is 11.8 Å². The van der Waals surface area contributed by atoms with Gasteiger partial charge < -0.3 is 14.1 Å². The molecule has 0 spiro atoms. The quantitative estimate of drug-likeness (QED) is 0.824. The topological polar surface area (TPSA) is 68.3 Å². The molecule has 17 heavy (non-hydrogen) atoms. The molecule has 0 aromatic carbocycles. The number of carboxylic acids is 1. The lowest BCUT2D eigenvalue weighted by Gasteiger charge is -2.06. The highest BCUT2D eigenvalue weighted by Crippen LogP contribution is 2.19. The second-order valence-electron chi connectivity index (χ2n) is 3.53. The summed E-state index contributed by atoms with van der Waals surface area (Å²) in [7, 11) is 0. The van der Waals surface area contributed by atoms with E-state index in [0.717, 1.165) is 11.5 Å². The smallest absolute Gasteiger partial charge is 0.313 e. The molecule has 0 unspecified atom stereocenters. The zero-order valence-corrected chi connectivity index (χ0v) is 10.1. The lowest BCUT2D eigenvalue weighted by molar-refractivity contribution is -0.133. The summed E-state index contributed by atoms with van der Waals surface area (Å²) in [5.74, 6) is -0.0160. The lowest BCUT2D eigenvalue weighted by atomic mass is 10.4. The number of hydrogen-bond donors (Lipinski definition) is 1. The highest BCUT2D eigenvalue weighted by Gasteiger charge is 2.10. The molecule has 0 saturated heterocycles. The summed E-state index contributed by atoms with van der Waals surface area (Å²) in [6.45, 7) is 2.50. The number of rotatable bonds is 5. The summed E-state index contributed by atoms with van der Waals surface area (Å²) in [5.41, 5.74) is 0.981. The van der Waals surface area contributed by atoms with Crippen LogP contribution in [0.3, 0.4) is 0 Å². The maximum absolute atomic E-state index is 10.5. The van der Waals surface area contributed by atoms with Crippen molar-refractivity contribution in [3.05, 3.63) is 36.0 Å². The van der Waals surface area contributed by atoms with Crippen molar-refractivity contribution in [2.24, 2.45) is 0 Å². The van der Waals surface area contributed by atoms with Gasteiger partial charge in [0.1, 0.15) is 5.76 Å². The Morgan fingerprint density at radius 2 is 2.47 bits per heavy atom. The number of furan rings is 1. The van der Waals surface area contributed by atoms with Crippen LogP contribution in [-0.4, -0.2) is 26.4 Å². The Kier molecular flexibility index (Phi) is 3.53. The van der Waals surface area contributed by atoms with Crippen LogP contribution in [0.2, 0.25) is 0 Å². The number of aryl methyl sites for hydroxylation is 1. The van der Waals surface area contributed by atoms with E-state index in [4.69, 9.17) is 9.52 Å². The number of aromatic nitrogens is 2. The predicted octanol–water partition coefficient (Wildman–Crippen LogP) is 2.01. The summed E-state index contributed by atoms with van der Waals surface area (Å²) < 4.78 is 7.21. The van der Waals surface area contributed by atoms with E-state index in [9.17, 15) is 4.79 Å². The van der Waals surface area contributed by atoms with Gasteiger partial charge >= 0.3 is 5.97 Å². The zero-order valence-electron chi connectivity index (χ0n) is 9.29. The zero-order chi connectivity index (χ0) is 12.3. The monoisotopic (exact) mass is 252 g/mol. The van der Waals surface area contributed by atoms with Crippen LogP contribution in [-0.2, 0) is 11.3 Å². The van der Waals surface area contributed by atoms with Crippen LogP contribution in [0, 0.1) is 6.92 Å². The van der Waals surface area contributed by atoms with Crippen molar-refractivity contribution in [2.75, 3.05) is 5.75 Å². The van der Waals surface area contributed by atoms with Crippen molar-refractivity contribution in [3.63, 3.8) is 0 Å². The SMILES string of the molecule is Cc1cnc(SCC(=O)O)n1Cc1ccco1. The van der Waals surface area contributed by atoms with Crippen LogP contribution in [0.15, 0.2) is 34.2 Å². The van der Waals surface area contributed by atoms with Crippen molar-refractivity contribution < 1.29 is 14.3 Å². The molecule has 0 atom stereocenters. The summed E-state index contributed by atoms with van der Waals surface area (Å²) in [4.78, 5) is 14.7. The van der Waals surface area contributed by atoms with Crippen LogP contribution in [0.1, 0.15) is 11.5 Å². The van der Waals surface area contributed by atoms with Gasteiger partial charge in [-0.2, -0.15) is 0 Å². The van der Waals surface area contributed by atoms with Crippen LogP contribution < -0.4 is 0 Å². The summed E-state index contributed by atoms with van der Waals surface area (Å²) in [6, 6.07) is 3.71. The van der Waals surface area contributed by atoms with E-state index >= 15 is 0 Å². The molecule has 90 valence electrons. The van der Waals surface area contributed by atoms with E-state index < -0.39 is 5.97 Å². The van der Waals surface area contributed by atoms with Crippen molar-refractivity contribution >= 4 is 17.7 Å². The van der Waals surface area contributed by atoms with Gasteiger partial charge in [0.05, 0.1) is 18.6 Å². The highest BCUT2D eigenvalue weighted by molar-refractivity contribution is 7.99. The van der Waals surface area contributed by atoms with Gasteiger partial charge in [-0.3, -0.25) is 4.79 Å². The van der Waals surface area contributed by atoms with Gasteiger partial charge in [0.2, 0.25) is 0 Å². The molecule has 5 nitrogen and oxygen atoms in total. The van der Waals surface area contributed by atoms with Crippen molar-refractivity contribution in [2.45, 2.75) is 18.6 Å². The van der Waals surface area contributed by atoms with Crippen LogP contribution >= 0.6 is 11.8 Å². The van der Waals surface area contributed by atoms with E-state index in [2.05, 4.69) is 4.98 Å². The maximum Gasteiger partial charge on any atom is 0.313 e. The van der Waals surface area contributed by atoms with E-state index in [1.165, 1.54) is 11.8 Å². The fraction of sp³-hybridized carbons (Fsp3) is 0.273. The molecule has 0 saturated carbocycles. The molecular weight excluding hydrogens is 240 g/mol. The highest BCUT2D eigenvalue weighted by atomic mass is 32.2. The van der Waals surface area contributed by atoms with Crippen molar-refractivity contribution in [1.29, 1.82) is 0 Å². The normalized spacial score (nSPS) is 10.6. The largest absolute Gasteiger partial charge is 0.481 e. The third-order valence-electron chi connectivity index (χ3n) is 2.24. The number of carboxylic acid groups (broad SMARTS) is 1. The third-order valence-corrected chi connectivity index (χ3v) is 3.21. The van der Waals surface area contributed by atoms with Crippen LogP contribution in [0.25, 0.3) is 0 Å². The second kappa shape index (κ2) is 5.09. The molecule has 0 aliphatic rings. The number of hydrogen-bond acceptors (Lipinski definition) is 4. The molecule has 1 N–H and O–H groups in total. The first kappa shape index (κ1) is 11.8. The Bertz CT molecular complexity index is 505. The number of carbonyl (C=O) groups is 1. The van der Waals surface area contributed by atoms with Crippen molar-refractivity contribution in [1.82, 2.24) is 9.55 Å². The molecular formula is C11H12N2O3S. The third kappa shape index (κ3) is 2.91. The number of aliphatic carboxylic acids is 1. The molecule has 2 heterocycles. The standard InChI is InChI=1S/C11H12N2O3S/c1-8-5-12-11(17-7-10(14)15)13(8)6-9-3-2-4-16-9/h2-5H,6-7H2,1H3,(H,14,15). The summed E-state index contributed by atoms with van der Waals surface area (Å²) >= 11 is 1.21. The maximum atomic E-state index is 10.5. The van der Waals surface area contributed by atoms with E-state index in [1.807, 2.05) is 23.6 Å². The molecule has 2 aromatic heterocycles. The fourth-order valence-electron chi connectivity index (χ4n) is 1.43. The Labute approximate surface area is 102 Å². The molecule has 0 aliphatic carbocycles. The van der Waals surface area contributed by atoms with Crippen LogP contribution in [0.5, 0.6) is 0 Å². The minimum absolute atomic E-state index is 0.00854. The first-order chi connectivity index (χ1) is 8.16. The van der Waals surface area contributed by atoms with Gasteiger partial charge in [0.25, 0.3) is 0 Å². The number of imidazole rings is 1. The number of nitrogens with zero attached hydrogens (tertiary/aromatic N) is 2. The first-order valence-electron chi connectivity index (χ1n) is 5.06. The minimum atomic E-state index is -0.847. The summed E-state index contributed by atoms with van der Waals surface area (Å²) in [6.07, 6.45) is 3.35. The first-order valence-corrected chi connectivity index (χ1v) is 6.04. The molecule has 0 radical (unpaired) electrons. The Hall–Kier alpha value is -1.69. The molecule has 0 fully saturated rings. The van der Waals surface area contributed by atoms with E-state index in [1.54, 1.807) is 12.5 Å². The van der Waals surface area contributed by atoms with E-state index in [0.29, 0.717) is 11.7 Å². The predicted molar refractivity (Wildman–Crippen MR) is 63.1 cm³/mol. The average Bonchev–Trinajstić information content (AvgIpc) is 2.89. The summed E-state index contributed by atoms with van der Waals surface area (Å²) in [5, 5.41) is 9.35.